The molecule has 1 aromatic carbocycles. The van der Waals surface area contributed by atoms with Gasteiger partial charge in [-0.2, -0.15) is 0 Å². The molecule has 0 aliphatic rings. The number of anilines is 1. The first-order valence-electron chi connectivity index (χ1n) is 5.74. The minimum atomic E-state index is -0.604. The molecule has 20 heavy (non-hydrogen) atoms. The predicted molar refractivity (Wildman–Crippen MR) is 70.4 cm³/mol. The van der Waals surface area contributed by atoms with E-state index in [1.165, 1.54) is 18.2 Å². The van der Waals surface area contributed by atoms with Gasteiger partial charge in [0.25, 0.3) is 5.91 Å². The highest BCUT2D eigenvalue weighted by molar-refractivity contribution is 5.92. The van der Waals surface area contributed by atoms with E-state index in [9.17, 15) is 20.0 Å². The molecule has 104 valence electrons. The second-order valence-electron chi connectivity index (χ2n) is 4.12. The Labute approximate surface area is 113 Å². The average Bonchev–Trinajstić information content (AvgIpc) is 2.73. The van der Waals surface area contributed by atoms with Crippen LogP contribution in [0, 0.1) is 17.0 Å². The number of aromatic hydroxyl groups is 1. The van der Waals surface area contributed by atoms with Crippen molar-refractivity contribution in [2.24, 2.45) is 0 Å². The summed E-state index contributed by atoms with van der Waals surface area (Å²) in [6, 6.07) is 7.50. The summed E-state index contributed by atoms with van der Waals surface area (Å²) in [6.07, 6.45) is 0. The molecule has 1 amide bonds. The van der Waals surface area contributed by atoms with E-state index < -0.39 is 10.8 Å². The molecule has 0 saturated heterocycles. The van der Waals surface area contributed by atoms with Crippen molar-refractivity contribution in [3.63, 3.8) is 0 Å². The van der Waals surface area contributed by atoms with Crippen LogP contribution in [0.4, 0.5) is 11.5 Å². The van der Waals surface area contributed by atoms with Crippen LogP contribution in [0.5, 0.6) is 5.75 Å². The zero-order valence-corrected chi connectivity index (χ0v) is 10.6. The van der Waals surface area contributed by atoms with Crippen LogP contribution in [0.3, 0.4) is 0 Å². The number of phenols is 1. The van der Waals surface area contributed by atoms with E-state index >= 15 is 0 Å². The van der Waals surface area contributed by atoms with Crippen molar-refractivity contribution >= 4 is 17.4 Å². The van der Waals surface area contributed by atoms with Gasteiger partial charge in [0, 0.05) is 0 Å². The second kappa shape index (κ2) is 5.39. The van der Waals surface area contributed by atoms with Crippen LogP contribution in [-0.2, 0) is 11.3 Å². The second-order valence-corrected chi connectivity index (χ2v) is 4.12. The standard InChI is InChI=1S/C12H12N4O4/c1-8-6-12(16(19)20)15(14-8)7-11(18)13-9-4-2-3-5-10(9)17/h2-6,17H,7H2,1H3,(H,13,18). The van der Waals surface area contributed by atoms with Crippen LogP contribution in [0.15, 0.2) is 30.3 Å². The molecule has 0 bridgehead atoms. The van der Waals surface area contributed by atoms with Gasteiger partial charge in [0.15, 0.2) is 6.54 Å². The van der Waals surface area contributed by atoms with Crippen molar-refractivity contribution < 1.29 is 14.8 Å². The molecule has 0 spiro atoms. The number of rotatable bonds is 4. The monoisotopic (exact) mass is 276 g/mol. The number of benzene rings is 1. The molecule has 2 rings (SSSR count). The third kappa shape index (κ3) is 2.91. The summed E-state index contributed by atoms with van der Waals surface area (Å²) < 4.78 is 1.00. The quantitative estimate of drug-likeness (QED) is 0.498. The first kappa shape index (κ1) is 13.5. The molecule has 0 aliphatic heterocycles. The van der Waals surface area contributed by atoms with Crippen LogP contribution in [0.25, 0.3) is 0 Å². The summed E-state index contributed by atoms with van der Waals surface area (Å²) in [7, 11) is 0. The zero-order chi connectivity index (χ0) is 14.7. The molecule has 2 N–H and O–H groups in total. The van der Waals surface area contributed by atoms with Crippen LogP contribution >= 0.6 is 0 Å². The minimum absolute atomic E-state index is 0.0769. The summed E-state index contributed by atoms with van der Waals surface area (Å²) in [4.78, 5) is 22.0. The van der Waals surface area contributed by atoms with Gasteiger partial charge in [-0.1, -0.05) is 17.2 Å². The maximum absolute atomic E-state index is 11.8. The summed E-state index contributed by atoms with van der Waals surface area (Å²) >= 11 is 0. The Morgan fingerprint density at radius 2 is 2.20 bits per heavy atom. The van der Waals surface area contributed by atoms with Gasteiger partial charge in [-0.25, -0.2) is 0 Å². The summed E-state index contributed by atoms with van der Waals surface area (Å²) in [5.74, 6) is -0.848. The van der Waals surface area contributed by atoms with Crippen molar-refractivity contribution in [1.29, 1.82) is 0 Å². The molecule has 8 heteroatoms. The van der Waals surface area contributed by atoms with E-state index in [1.807, 2.05) is 0 Å². The molecule has 0 saturated carbocycles. The fourth-order valence-electron chi connectivity index (χ4n) is 1.70. The van der Waals surface area contributed by atoms with Crippen molar-refractivity contribution in [3.8, 4) is 5.75 Å². The predicted octanol–water partition coefficient (Wildman–Crippen LogP) is 1.44. The average molecular weight is 276 g/mol. The molecule has 0 unspecified atom stereocenters. The third-order valence-corrected chi connectivity index (χ3v) is 2.54. The fraction of sp³-hybridized carbons (Fsp3) is 0.167. The van der Waals surface area contributed by atoms with Gasteiger partial charge in [-0.05, 0) is 24.0 Å². The van der Waals surface area contributed by atoms with Crippen LogP contribution in [0.1, 0.15) is 5.69 Å². The first-order valence-corrected chi connectivity index (χ1v) is 5.74. The van der Waals surface area contributed by atoms with Crippen LogP contribution in [-0.4, -0.2) is 25.7 Å². The lowest BCUT2D eigenvalue weighted by atomic mass is 10.3. The number of para-hydroxylation sites is 2. The zero-order valence-electron chi connectivity index (χ0n) is 10.6. The fourth-order valence-corrected chi connectivity index (χ4v) is 1.70. The third-order valence-electron chi connectivity index (χ3n) is 2.54. The van der Waals surface area contributed by atoms with E-state index in [2.05, 4.69) is 10.4 Å². The summed E-state index contributed by atoms with van der Waals surface area (Å²) in [6.45, 7) is 1.29. The molecular weight excluding hydrogens is 264 g/mol. The van der Waals surface area contributed by atoms with E-state index in [-0.39, 0.29) is 23.8 Å². The number of amides is 1. The van der Waals surface area contributed by atoms with Gasteiger partial charge >= 0.3 is 5.82 Å². The number of nitrogens with zero attached hydrogens (tertiary/aromatic N) is 3. The van der Waals surface area contributed by atoms with Crippen molar-refractivity contribution in [1.82, 2.24) is 9.78 Å². The van der Waals surface area contributed by atoms with E-state index in [0.29, 0.717) is 5.69 Å². The van der Waals surface area contributed by atoms with E-state index in [1.54, 1.807) is 19.1 Å². The molecule has 0 radical (unpaired) electrons. The maximum Gasteiger partial charge on any atom is 0.345 e. The highest BCUT2D eigenvalue weighted by atomic mass is 16.6. The molecule has 8 nitrogen and oxygen atoms in total. The van der Waals surface area contributed by atoms with Gasteiger partial charge in [0.2, 0.25) is 0 Å². The minimum Gasteiger partial charge on any atom is -0.506 e. The van der Waals surface area contributed by atoms with Crippen molar-refractivity contribution in [2.45, 2.75) is 13.5 Å². The van der Waals surface area contributed by atoms with Crippen LogP contribution < -0.4 is 5.32 Å². The van der Waals surface area contributed by atoms with Gasteiger partial charge in [-0.15, -0.1) is 4.68 Å². The Balaban J connectivity index is 2.13. The highest BCUT2D eigenvalue weighted by Crippen LogP contribution is 2.21. The SMILES string of the molecule is Cc1cc([N+](=O)[O-])n(CC(=O)Nc2ccccc2O)n1. The Morgan fingerprint density at radius 1 is 1.50 bits per heavy atom. The lowest BCUT2D eigenvalue weighted by Crippen LogP contribution is -2.20. The Hall–Kier alpha value is -2.90. The normalized spacial score (nSPS) is 10.2. The number of phenolic OH excluding ortho intramolecular Hbond substituents is 1. The molecule has 0 aliphatic carbocycles. The van der Waals surface area contributed by atoms with Gasteiger partial charge < -0.3 is 20.5 Å². The van der Waals surface area contributed by atoms with Gasteiger partial charge in [0.1, 0.15) is 5.75 Å². The number of hydrogen-bond acceptors (Lipinski definition) is 5. The number of aryl methyl sites for hydroxylation is 1. The van der Waals surface area contributed by atoms with Gasteiger partial charge in [-0.3, -0.25) is 4.79 Å². The van der Waals surface area contributed by atoms with Crippen molar-refractivity contribution in [2.75, 3.05) is 5.32 Å². The van der Waals surface area contributed by atoms with Gasteiger partial charge in [0.05, 0.1) is 17.4 Å². The number of nitrogens with one attached hydrogen (secondary N) is 1. The number of hydrogen-bond donors (Lipinski definition) is 2. The number of carbonyl (C=O) groups is 1. The van der Waals surface area contributed by atoms with Crippen LogP contribution in [0.2, 0.25) is 0 Å². The topological polar surface area (TPSA) is 110 Å². The van der Waals surface area contributed by atoms with Crippen molar-refractivity contribution in [3.05, 3.63) is 46.1 Å². The lowest BCUT2D eigenvalue weighted by Gasteiger charge is -2.05. The smallest absolute Gasteiger partial charge is 0.345 e. The number of aromatic nitrogens is 2. The summed E-state index contributed by atoms with van der Waals surface area (Å²) in [5.41, 5.74) is 0.691. The van der Waals surface area contributed by atoms with E-state index in [4.69, 9.17) is 0 Å². The summed E-state index contributed by atoms with van der Waals surface area (Å²) in [5, 5.41) is 26.7. The van der Waals surface area contributed by atoms with E-state index in [0.717, 1.165) is 4.68 Å². The largest absolute Gasteiger partial charge is 0.506 e. The molecular formula is C12H12N4O4. The Kier molecular flexibility index (Phi) is 3.65. The lowest BCUT2D eigenvalue weighted by molar-refractivity contribution is -0.392. The Bertz CT molecular complexity index is 665. The first-order chi connectivity index (χ1) is 9.47. The molecule has 0 atom stereocenters. The number of carbonyl (C=O) groups excluding carboxylic acids is 1. The molecule has 2 aromatic rings. The molecule has 1 aromatic heterocycles. The maximum atomic E-state index is 11.8. The number of nitro groups is 1. The highest BCUT2D eigenvalue weighted by Gasteiger charge is 2.19. The Morgan fingerprint density at radius 3 is 2.85 bits per heavy atom. The molecule has 1 heterocycles. The molecule has 0 fully saturated rings.